The minimum absolute atomic E-state index is 0.0559. The lowest BCUT2D eigenvalue weighted by Gasteiger charge is -2.28. The first-order valence-corrected chi connectivity index (χ1v) is 9.84. The van der Waals surface area contributed by atoms with E-state index in [9.17, 15) is 13.2 Å². The fourth-order valence-corrected chi connectivity index (χ4v) is 4.81. The molecule has 1 aromatic carbocycles. The molecule has 0 spiro atoms. The van der Waals surface area contributed by atoms with Crippen LogP contribution in [-0.4, -0.2) is 50.4 Å². The number of halogens is 1. The number of carbonyl (C=O) groups excluding carboxylic acids is 1. The molecule has 0 aromatic heterocycles. The topological polar surface area (TPSA) is 63.7 Å². The van der Waals surface area contributed by atoms with Crippen LogP contribution in [0.5, 0.6) is 5.75 Å². The van der Waals surface area contributed by atoms with Gasteiger partial charge in [-0.3, -0.25) is 4.79 Å². The van der Waals surface area contributed by atoms with E-state index in [1.807, 2.05) is 6.92 Å². The highest BCUT2D eigenvalue weighted by Gasteiger charge is 2.35. The van der Waals surface area contributed by atoms with E-state index in [2.05, 4.69) is 15.9 Å². The summed E-state index contributed by atoms with van der Waals surface area (Å²) in [5.74, 6) is 0.655. The summed E-state index contributed by atoms with van der Waals surface area (Å²) in [6.07, 6.45) is 1.29. The number of hydrogen-bond donors (Lipinski definition) is 0. The second kappa shape index (κ2) is 7.00. The van der Waals surface area contributed by atoms with Gasteiger partial charge in [-0.25, -0.2) is 8.42 Å². The Balaban J connectivity index is 2.30. The van der Waals surface area contributed by atoms with Gasteiger partial charge >= 0.3 is 0 Å². The molecule has 122 valence electrons. The van der Waals surface area contributed by atoms with Crippen molar-refractivity contribution in [2.24, 2.45) is 0 Å². The number of rotatable bonds is 5. The van der Waals surface area contributed by atoms with Gasteiger partial charge in [-0.15, -0.1) is 0 Å². The molecule has 0 N–H and O–H groups in total. The minimum atomic E-state index is -3.03. The lowest BCUT2D eigenvalue weighted by Crippen LogP contribution is -2.41. The largest absolute Gasteiger partial charge is 0.497 e. The first-order chi connectivity index (χ1) is 10.4. The average molecular weight is 390 g/mol. The van der Waals surface area contributed by atoms with E-state index < -0.39 is 9.84 Å². The molecule has 0 bridgehead atoms. The summed E-state index contributed by atoms with van der Waals surface area (Å²) in [5.41, 5.74) is 0.497. The summed E-state index contributed by atoms with van der Waals surface area (Å²) < 4.78 is 29.3. The Hall–Kier alpha value is -1.08. The van der Waals surface area contributed by atoms with E-state index >= 15 is 0 Å². The molecule has 0 saturated carbocycles. The van der Waals surface area contributed by atoms with Gasteiger partial charge in [0, 0.05) is 17.1 Å². The first kappa shape index (κ1) is 17.3. The molecule has 1 aromatic rings. The van der Waals surface area contributed by atoms with Gasteiger partial charge < -0.3 is 9.64 Å². The van der Waals surface area contributed by atoms with Gasteiger partial charge in [0.05, 0.1) is 24.2 Å². The van der Waals surface area contributed by atoms with E-state index in [0.717, 1.165) is 6.42 Å². The summed E-state index contributed by atoms with van der Waals surface area (Å²) in [6, 6.07) is 4.97. The quantitative estimate of drug-likeness (QED) is 0.775. The van der Waals surface area contributed by atoms with Gasteiger partial charge in [-0.1, -0.05) is 6.92 Å². The summed E-state index contributed by atoms with van der Waals surface area (Å²) in [4.78, 5) is 14.6. The predicted octanol–water partition coefficient (Wildman–Crippen LogP) is 2.50. The molecule has 0 unspecified atom stereocenters. The first-order valence-electron chi connectivity index (χ1n) is 7.23. The Morgan fingerprint density at radius 2 is 2.18 bits per heavy atom. The second-order valence-electron chi connectivity index (χ2n) is 5.40. The molecule has 22 heavy (non-hydrogen) atoms. The SMILES string of the molecule is CCCN(C(=O)c1cc(OC)ccc1Br)[C@H]1CCS(=O)(=O)C1. The van der Waals surface area contributed by atoms with Gasteiger partial charge in [0.25, 0.3) is 5.91 Å². The third-order valence-electron chi connectivity index (χ3n) is 3.78. The zero-order chi connectivity index (χ0) is 16.3. The molecule has 1 atom stereocenters. The standard InChI is InChI=1S/C15H20BrNO4S/c1-3-7-17(11-6-8-22(19,20)10-11)15(18)13-9-12(21-2)4-5-14(13)16/h4-5,9,11H,3,6-8,10H2,1-2H3/t11-/m0/s1. The number of ether oxygens (including phenoxy) is 1. The highest BCUT2D eigenvalue weighted by molar-refractivity contribution is 9.10. The van der Waals surface area contributed by atoms with Crippen molar-refractivity contribution in [1.29, 1.82) is 0 Å². The molecule has 7 heteroatoms. The molecule has 1 amide bonds. The van der Waals surface area contributed by atoms with Crippen LogP contribution in [0, 0.1) is 0 Å². The maximum Gasteiger partial charge on any atom is 0.255 e. The smallest absolute Gasteiger partial charge is 0.255 e. The van der Waals surface area contributed by atoms with Crippen molar-refractivity contribution in [1.82, 2.24) is 4.90 Å². The van der Waals surface area contributed by atoms with E-state index in [1.54, 1.807) is 30.2 Å². The summed E-state index contributed by atoms with van der Waals surface area (Å²) in [5, 5.41) is 0. The number of methoxy groups -OCH3 is 1. The Morgan fingerprint density at radius 1 is 1.45 bits per heavy atom. The molecule has 0 aliphatic carbocycles. The van der Waals surface area contributed by atoms with Crippen molar-refractivity contribution in [2.75, 3.05) is 25.2 Å². The maximum atomic E-state index is 12.9. The van der Waals surface area contributed by atoms with Crippen molar-refractivity contribution >= 4 is 31.7 Å². The molecule has 1 aliphatic heterocycles. The van der Waals surface area contributed by atoms with Crippen LogP contribution in [0.15, 0.2) is 22.7 Å². The molecule has 1 fully saturated rings. The van der Waals surface area contributed by atoms with Crippen molar-refractivity contribution in [3.63, 3.8) is 0 Å². The van der Waals surface area contributed by atoms with Crippen LogP contribution in [0.25, 0.3) is 0 Å². The molecule has 2 rings (SSSR count). The molecule has 1 saturated heterocycles. The highest BCUT2D eigenvalue weighted by Crippen LogP contribution is 2.26. The normalized spacial score (nSPS) is 19.9. The number of amides is 1. The summed E-state index contributed by atoms with van der Waals surface area (Å²) in [7, 11) is -1.48. The van der Waals surface area contributed by atoms with E-state index in [-0.39, 0.29) is 23.5 Å². The fraction of sp³-hybridized carbons (Fsp3) is 0.533. The zero-order valence-electron chi connectivity index (χ0n) is 12.7. The van der Waals surface area contributed by atoms with Crippen LogP contribution < -0.4 is 4.74 Å². The number of hydrogen-bond acceptors (Lipinski definition) is 4. The number of nitrogens with zero attached hydrogens (tertiary/aromatic N) is 1. The van der Waals surface area contributed by atoms with Crippen LogP contribution in [-0.2, 0) is 9.84 Å². The van der Waals surface area contributed by atoms with Gasteiger partial charge in [-0.05, 0) is 47.0 Å². The third kappa shape index (κ3) is 3.81. The number of sulfone groups is 1. The van der Waals surface area contributed by atoms with Crippen molar-refractivity contribution in [2.45, 2.75) is 25.8 Å². The maximum absolute atomic E-state index is 12.9. The Kier molecular flexibility index (Phi) is 5.50. The average Bonchev–Trinajstić information content (AvgIpc) is 2.84. The highest BCUT2D eigenvalue weighted by atomic mass is 79.9. The van der Waals surface area contributed by atoms with Crippen molar-refractivity contribution in [3.05, 3.63) is 28.2 Å². The van der Waals surface area contributed by atoms with Gasteiger partial charge in [-0.2, -0.15) is 0 Å². The lowest BCUT2D eigenvalue weighted by atomic mass is 10.1. The van der Waals surface area contributed by atoms with Crippen LogP contribution >= 0.6 is 15.9 Å². The number of benzene rings is 1. The predicted molar refractivity (Wildman–Crippen MR) is 89.1 cm³/mol. The molecular formula is C15H20BrNO4S. The summed E-state index contributed by atoms with van der Waals surface area (Å²) in [6.45, 7) is 2.52. The molecular weight excluding hydrogens is 370 g/mol. The molecule has 1 aliphatic rings. The van der Waals surface area contributed by atoms with E-state index in [4.69, 9.17) is 4.74 Å². The minimum Gasteiger partial charge on any atom is -0.497 e. The van der Waals surface area contributed by atoms with E-state index in [0.29, 0.717) is 28.8 Å². The summed E-state index contributed by atoms with van der Waals surface area (Å²) >= 11 is 3.39. The van der Waals surface area contributed by atoms with Gasteiger partial charge in [0.15, 0.2) is 9.84 Å². The third-order valence-corrected chi connectivity index (χ3v) is 6.22. The van der Waals surface area contributed by atoms with E-state index in [1.165, 1.54) is 0 Å². The number of carbonyl (C=O) groups is 1. The van der Waals surface area contributed by atoms with Crippen LogP contribution in [0.2, 0.25) is 0 Å². The Bertz CT molecular complexity index is 660. The van der Waals surface area contributed by atoms with Gasteiger partial charge in [0.2, 0.25) is 0 Å². The zero-order valence-corrected chi connectivity index (χ0v) is 15.1. The fourth-order valence-electron chi connectivity index (χ4n) is 2.66. The molecule has 5 nitrogen and oxygen atoms in total. The Labute approximate surface area is 139 Å². The molecule has 0 radical (unpaired) electrons. The van der Waals surface area contributed by atoms with Crippen LogP contribution in [0.3, 0.4) is 0 Å². The molecule has 1 heterocycles. The lowest BCUT2D eigenvalue weighted by molar-refractivity contribution is 0.0695. The van der Waals surface area contributed by atoms with Crippen LogP contribution in [0.1, 0.15) is 30.1 Å². The van der Waals surface area contributed by atoms with Crippen molar-refractivity contribution in [3.8, 4) is 5.75 Å². The van der Waals surface area contributed by atoms with Crippen LogP contribution in [0.4, 0.5) is 0 Å². The Morgan fingerprint density at radius 3 is 2.73 bits per heavy atom. The van der Waals surface area contributed by atoms with Crippen molar-refractivity contribution < 1.29 is 17.9 Å². The second-order valence-corrected chi connectivity index (χ2v) is 8.48. The van der Waals surface area contributed by atoms with Gasteiger partial charge in [0.1, 0.15) is 5.75 Å². The monoisotopic (exact) mass is 389 g/mol.